The maximum absolute atomic E-state index is 5.97. The molecule has 4 aromatic rings. The lowest BCUT2D eigenvalue weighted by atomic mass is 10.0. The number of nitrogens with zero attached hydrogens (tertiary/aromatic N) is 1. The Morgan fingerprint density at radius 2 is 1.09 bits per heavy atom. The maximum Gasteiger partial charge on any atom is 0.137 e. The molecule has 0 amide bonds. The second-order valence-electron chi connectivity index (χ2n) is 11.1. The Bertz CT molecular complexity index is 1310. The molecule has 4 heteroatoms. The van der Waals surface area contributed by atoms with Crippen LogP contribution in [0.15, 0.2) is 104 Å². The van der Waals surface area contributed by atoms with Gasteiger partial charge in [-0.1, -0.05) is 60.2 Å². The summed E-state index contributed by atoms with van der Waals surface area (Å²) in [6.07, 6.45) is 14.5. The van der Waals surface area contributed by atoms with E-state index < -0.39 is 0 Å². The molecule has 1 heterocycles. The van der Waals surface area contributed by atoms with Crippen LogP contribution in [0.4, 0.5) is 0 Å². The maximum atomic E-state index is 5.97. The SMILES string of the molecule is C=CCCCOc1ccc(CCCCc2ccc(OCCCCCCOc3ccc(-c4ccc(C)cc4)cc3)cc2)nc1. The van der Waals surface area contributed by atoms with Crippen molar-refractivity contribution in [2.75, 3.05) is 19.8 Å². The highest BCUT2D eigenvalue weighted by atomic mass is 16.5. The smallest absolute Gasteiger partial charge is 0.137 e. The summed E-state index contributed by atoms with van der Waals surface area (Å²) in [5.41, 5.74) is 6.21. The number of ether oxygens (including phenoxy) is 3. The van der Waals surface area contributed by atoms with Crippen LogP contribution in [0.3, 0.4) is 0 Å². The number of hydrogen-bond acceptors (Lipinski definition) is 4. The molecule has 43 heavy (non-hydrogen) atoms. The van der Waals surface area contributed by atoms with E-state index in [4.69, 9.17) is 14.2 Å². The van der Waals surface area contributed by atoms with Gasteiger partial charge in [-0.15, -0.1) is 6.58 Å². The van der Waals surface area contributed by atoms with Gasteiger partial charge in [0.2, 0.25) is 0 Å². The van der Waals surface area contributed by atoms with Gasteiger partial charge in [-0.2, -0.15) is 0 Å². The first kappa shape index (κ1) is 31.9. The lowest BCUT2D eigenvalue weighted by molar-refractivity contribution is 0.287. The van der Waals surface area contributed by atoms with Gasteiger partial charge < -0.3 is 14.2 Å². The zero-order valence-electron chi connectivity index (χ0n) is 25.8. The van der Waals surface area contributed by atoms with Gasteiger partial charge in [0.05, 0.1) is 26.0 Å². The molecule has 0 aliphatic heterocycles. The summed E-state index contributed by atoms with van der Waals surface area (Å²) in [5.74, 6) is 2.74. The minimum atomic E-state index is 0.708. The Hall–Kier alpha value is -4.05. The fraction of sp³-hybridized carbons (Fsp3) is 0.359. The van der Waals surface area contributed by atoms with Gasteiger partial charge in [0.15, 0.2) is 0 Å². The number of aryl methyl sites for hydroxylation is 3. The Labute approximate surface area is 258 Å². The molecule has 3 aromatic carbocycles. The quantitative estimate of drug-likeness (QED) is 0.0774. The van der Waals surface area contributed by atoms with E-state index in [1.807, 2.05) is 18.3 Å². The van der Waals surface area contributed by atoms with Crippen molar-refractivity contribution in [3.8, 4) is 28.4 Å². The molecule has 226 valence electrons. The third kappa shape index (κ3) is 12.0. The fourth-order valence-electron chi connectivity index (χ4n) is 4.88. The predicted molar refractivity (Wildman–Crippen MR) is 178 cm³/mol. The summed E-state index contributed by atoms with van der Waals surface area (Å²) < 4.78 is 17.6. The van der Waals surface area contributed by atoms with Crippen LogP contribution < -0.4 is 14.2 Å². The molecule has 0 fully saturated rings. The van der Waals surface area contributed by atoms with Crippen LogP contribution in [0.5, 0.6) is 17.2 Å². The van der Waals surface area contributed by atoms with E-state index in [0.29, 0.717) is 6.61 Å². The molecule has 0 N–H and O–H groups in total. The van der Waals surface area contributed by atoms with Crippen LogP contribution >= 0.6 is 0 Å². The standard InChI is InChI=1S/C39H47NO3/c1-3-4-9-28-43-39-27-22-36(40-31-39)13-8-7-12-33-16-23-37(24-17-33)41-29-10-5-6-11-30-42-38-25-20-35(21-26-38)34-18-14-32(2)15-19-34/h3,14-27,31H,1,4-13,28-30H2,2H3. The zero-order valence-corrected chi connectivity index (χ0v) is 25.8. The minimum absolute atomic E-state index is 0.708. The minimum Gasteiger partial charge on any atom is -0.494 e. The van der Waals surface area contributed by atoms with Gasteiger partial charge in [0.25, 0.3) is 0 Å². The topological polar surface area (TPSA) is 40.6 Å². The van der Waals surface area contributed by atoms with E-state index in [1.54, 1.807) is 0 Å². The van der Waals surface area contributed by atoms with Gasteiger partial charge in [-0.25, -0.2) is 0 Å². The van der Waals surface area contributed by atoms with Gasteiger partial charge in [0, 0.05) is 5.69 Å². The predicted octanol–water partition coefficient (Wildman–Crippen LogP) is 9.99. The number of rotatable bonds is 20. The fourth-order valence-corrected chi connectivity index (χ4v) is 4.88. The van der Waals surface area contributed by atoms with Crippen molar-refractivity contribution in [1.82, 2.24) is 4.98 Å². The Morgan fingerprint density at radius 3 is 1.70 bits per heavy atom. The third-order valence-corrected chi connectivity index (χ3v) is 7.51. The first-order chi connectivity index (χ1) is 21.2. The van der Waals surface area contributed by atoms with Crippen LogP contribution in [-0.2, 0) is 12.8 Å². The molecule has 0 unspecified atom stereocenters. The molecule has 4 rings (SSSR count). The summed E-state index contributed by atoms with van der Waals surface area (Å²) in [7, 11) is 0. The summed E-state index contributed by atoms with van der Waals surface area (Å²) in [6.45, 7) is 8.06. The van der Waals surface area contributed by atoms with E-state index in [2.05, 4.69) is 97.3 Å². The van der Waals surface area contributed by atoms with Gasteiger partial charge in [0.1, 0.15) is 17.2 Å². The van der Waals surface area contributed by atoms with Crippen LogP contribution in [-0.4, -0.2) is 24.8 Å². The summed E-state index contributed by atoms with van der Waals surface area (Å²) in [6, 6.07) is 29.7. The van der Waals surface area contributed by atoms with Crippen molar-refractivity contribution in [3.63, 3.8) is 0 Å². The molecule has 0 saturated heterocycles. The average Bonchev–Trinajstić information content (AvgIpc) is 3.05. The highest BCUT2D eigenvalue weighted by Crippen LogP contribution is 2.23. The number of allylic oxidation sites excluding steroid dienone is 1. The molecular weight excluding hydrogens is 530 g/mol. The molecule has 0 saturated carbocycles. The van der Waals surface area contributed by atoms with Crippen LogP contribution in [0.1, 0.15) is 68.2 Å². The van der Waals surface area contributed by atoms with Crippen molar-refractivity contribution in [1.29, 1.82) is 0 Å². The molecule has 0 spiro atoms. The first-order valence-corrected chi connectivity index (χ1v) is 15.9. The van der Waals surface area contributed by atoms with E-state index >= 15 is 0 Å². The van der Waals surface area contributed by atoms with Gasteiger partial charge >= 0.3 is 0 Å². The van der Waals surface area contributed by atoms with Crippen LogP contribution in [0.2, 0.25) is 0 Å². The summed E-state index contributed by atoms with van der Waals surface area (Å²) in [4.78, 5) is 4.55. The first-order valence-electron chi connectivity index (χ1n) is 15.9. The van der Waals surface area contributed by atoms with Crippen molar-refractivity contribution in [3.05, 3.63) is 121 Å². The Morgan fingerprint density at radius 1 is 0.558 bits per heavy atom. The normalized spacial score (nSPS) is 10.8. The Kier molecular flexibility index (Phi) is 13.7. The number of unbranched alkanes of at least 4 members (excludes halogenated alkanes) is 5. The largest absolute Gasteiger partial charge is 0.494 e. The lowest BCUT2D eigenvalue weighted by Gasteiger charge is -2.09. The van der Waals surface area contributed by atoms with Crippen LogP contribution in [0, 0.1) is 6.92 Å². The van der Waals surface area contributed by atoms with E-state index in [0.717, 1.165) is 100 Å². The van der Waals surface area contributed by atoms with E-state index in [9.17, 15) is 0 Å². The number of pyridine rings is 1. The molecule has 0 radical (unpaired) electrons. The van der Waals surface area contributed by atoms with Crippen molar-refractivity contribution >= 4 is 0 Å². The third-order valence-electron chi connectivity index (χ3n) is 7.51. The Balaban J connectivity index is 1.00. The van der Waals surface area contributed by atoms with Crippen LogP contribution in [0.25, 0.3) is 11.1 Å². The van der Waals surface area contributed by atoms with Crippen molar-refractivity contribution in [2.45, 2.75) is 71.1 Å². The number of aromatic nitrogens is 1. The molecular formula is C39H47NO3. The zero-order chi connectivity index (χ0) is 30.0. The number of hydrogen-bond donors (Lipinski definition) is 0. The summed E-state index contributed by atoms with van der Waals surface area (Å²) in [5, 5.41) is 0. The monoisotopic (exact) mass is 577 g/mol. The van der Waals surface area contributed by atoms with Crippen molar-refractivity contribution < 1.29 is 14.2 Å². The lowest BCUT2D eigenvalue weighted by Crippen LogP contribution is -2.00. The second-order valence-corrected chi connectivity index (χ2v) is 11.1. The molecule has 0 aliphatic rings. The van der Waals surface area contributed by atoms with E-state index in [-0.39, 0.29) is 0 Å². The van der Waals surface area contributed by atoms with Crippen molar-refractivity contribution in [2.24, 2.45) is 0 Å². The van der Waals surface area contributed by atoms with E-state index in [1.165, 1.54) is 22.3 Å². The molecule has 4 nitrogen and oxygen atoms in total. The van der Waals surface area contributed by atoms with Gasteiger partial charge in [-0.3, -0.25) is 4.98 Å². The average molecular weight is 578 g/mol. The molecule has 1 aromatic heterocycles. The highest BCUT2D eigenvalue weighted by Gasteiger charge is 2.02. The molecule has 0 aliphatic carbocycles. The second kappa shape index (κ2) is 18.5. The molecule has 0 bridgehead atoms. The van der Waals surface area contributed by atoms with Gasteiger partial charge in [-0.05, 0) is 124 Å². The highest BCUT2D eigenvalue weighted by molar-refractivity contribution is 5.64. The molecule has 0 atom stereocenters. The number of benzene rings is 3. The summed E-state index contributed by atoms with van der Waals surface area (Å²) >= 11 is 0.